The van der Waals surface area contributed by atoms with Crippen LogP contribution in [0.15, 0.2) is 15.6 Å². The summed E-state index contributed by atoms with van der Waals surface area (Å²) >= 11 is 5.69. The second-order valence-electron chi connectivity index (χ2n) is 2.34. The fraction of sp³-hybridized carbons (Fsp3) is 0.500. The number of rotatable bonds is 1. The minimum absolute atomic E-state index is 0.199. The van der Waals surface area contributed by atoms with Crippen LogP contribution in [0.3, 0.4) is 0 Å². The molecule has 0 saturated carbocycles. The van der Waals surface area contributed by atoms with Crippen molar-refractivity contribution in [1.29, 1.82) is 0 Å². The molecule has 0 amide bonds. The third-order valence-corrected chi connectivity index (χ3v) is 3.34. The summed E-state index contributed by atoms with van der Waals surface area (Å²) in [5.41, 5.74) is 0.407. The van der Waals surface area contributed by atoms with Gasteiger partial charge in [0.05, 0.1) is 5.71 Å². The highest BCUT2D eigenvalue weighted by Crippen LogP contribution is 2.20. The largest absolute Gasteiger partial charge is 0.345 e. The van der Waals surface area contributed by atoms with Crippen LogP contribution in [0.2, 0.25) is 0 Å². The highest BCUT2D eigenvalue weighted by atomic mass is 35.5. The Kier molecular flexibility index (Phi) is 2.44. The third-order valence-electron chi connectivity index (χ3n) is 1.39. The van der Waals surface area contributed by atoms with E-state index in [1.807, 2.05) is 0 Å². The quantitative estimate of drug-likeness (QED) is 0.606. The molecule has 1 heterocycles. The van der Waals surface area contributed by atoms with Crippen LogP contribution in [0, 0.1) is 0 Å². The Morgan fingerprint density at radius 2 is 2.25 bits per heavy atom. The summed E-state index contributed by atoms with van der Waals surface area (Å²) in [5.74, 6) is 0. The molecule has 0 N–H and O–H groups in total. The molecule has 0 spiro atoms. The highest BCUT2D eigenvalue weighted by Gasteiger charge is 2.24. The number of allylic oxidation sites excluding steroid dienone is 1. The predicted molar refractivity (Wildman–Crippen MR) is 48.3 cm³/mol. The molecule has 68 valence electrons. The third kappa shape index (κ3) is 1.61. The van der Waals surface area contributed by atoms with E-state index < -0.39 is 10.2 Å². The van der Waals surface area contributed by atoms with Gasteiger partial charge in [-0.3, -0.25) is 0 Å². The van der Waals surface area contributed by atoms with Gasteiger partial charge in [0.15, 0.2) is 0 Å². The fourth-order valence-electron chi connectivity index (χ4n) is 0.926. The van der Waals surface area contributed by atoms with Crippen LogP contribution in [0.5, 0.6) is 0 Å². The second-order valence-corrected chi connectivity index (χ2v) is 4.25. The molecule has 0 saturated heterocycles. The van der Waals surface area contributed by atoms with Crippen LogP contribution < -0.4 is 0 Å². The normalized spacial score (nSPS) is 21.8. The topological polar surface area (TPSA) is 49.7 Å². The molecule has 6 heteroatoms. The molecule has 0 aromatic carbocycles. The average molecular weight is 209 g/mol. The Bertz CT molecular complexity index is 345. The lowest BCUT2D eigenvalue weighted by Gasteiger charge is -2.21. The summed E-state index contributed by atoms with van der Waals surface area (Å²) in [6.45, 7) is 3.59. The predicted octanol–water partition coefficient (Wildman–Crippen LogP) is 1.11. The van der Waals surface area contributed by atoms with Crippen molar-refractivity contribution in [3.63, 3.8) is 0 Å². The van der Waals surface area contributed by atoms with Gasteiger partial charge in [-0.2, -0.15) is 8.42 Å². The van der Waals surface area contributed by atoms with E-state index in [9.17, 15) is 8.42 Å². The Hall–Kier alpha value is -0.550. The van der Waals surface area contributed by atoms with Gasteiger partial charge in [-0.05, 0) is 19.9 Å². The lowest BCUT2D eigenvalue weighted by molar-refractivity contribution is 0.505. The van der Waals surface area contributed by atoms with E-state index in [1.54, 1.807) is 13.8 Å². The Morgan fingerprint density at radius 1 is 1.67 bits per heavy atom. The molecule has 0 atom stereocenters. The van der Waals surface area contributed by atoms with E-state index in [4.69, 9.17) is 11.6 Å². The van der Waals surface area contributed by atoms with Crippen molar-refractivity contribution in [2.75, 3.05) is 6.54 Å². The van der Waals surface area contributed by atoms with E-state index >= 15 is 0 Å². The van der Waals surface area contributed by atoms with Crippen LogP contribution in [-0.2, 0) is 10.2 Å². The summed E-state index contributed by atoms with van der Waals surface area (Å²) in [7, 11) is -3.55. The number of nitrogens with zero attached hydrogens (tertiary/aromatic N) is 2. The smallest absolute Gasteiger partial charge is 0.242 e. The Labute approximate surface area is 76.7 Å². The summed E-state index contributed by atoms with van der Waals surface area (Å²) in [4.78, 5) is 0. The fourth-order valence-corrected chi connectivity index (χ4v) is 2.58. The van der Waals surface area contributed by atoms with Crippen molar-refractivity contribution in [3.05, 3.63) is 11.2 Å². The first kappa shape index (κ1) is 9.54. The van der Waals surface area contributed by atoms with E-state index in [2.05, 4.69) is 4.40 Å². The lowest BCUT2D eigenvalue weighted by atomic mass is 10.4. The Morgan fingerprint density at radius 3 is 2.67 bits per heavy atom. The van der Waals surface area contributed by atoms with Crippen LogP contribution in [-0.4, -0.2) is 25.0 Å². The van der Waals surface area contributed by atoms with Gasteiger partial charge in [-0.1, -0.05) is 11.6 Å². The van der Waals surface area contributed by atoms with Crippen LogP contribution in [0.1, 0.15) is 13.8 Å². The minimum atomic E-state index is -3.55. The van der Waals surface area contributed by atoms with Gasteiger partial charge < -0.3 is 0 Å². The van der Waals surface area contributed by atoms with Crippen LogP contribution in [0.4, 0.5) is 0 Å². The van der Waals surface area contributed by atoms with Crippen molar-refractivity contribution in [2.45, 2.75) is 13.8 Å². The zero-order chi connectivity index (χ0) is 9.35. The minimum Gasteiger partial charge on any atom is -0.242 e. The summed E-state index contributed by atoms with van der Waals surface area (Å²) in [6, 6.07) is 0. The van der Waals surface area contributed by atoms with Gasteiger partial charge >= 0.3 is 10.2 Å². The van der Waals surface area contributed by atoms with Crippen molar-refractivity contribution in [2.24, 2.45) is 4.40 Å². The monoisotopic (exact) mass is 208 g/mol. The molecule has 0 bridgehead atoms. The molecule has 0 aliphatic carbocycles. The van der Waals surface area contributed by atoms with E-state index in [0.717, 1.165) is 4.31 Å². The van der Waals surface area contributed by atoms with Crippen LogP contribution >= 0.6 is 11.6 Å². The summed E-state index contributed by atoms with van der Waals surface area (Å²) in [5, 5.41) is 0.199. The average Bonchev–Trinajstić information content (AvgIpc) is 1.82. The van der Waals surface area contributed by atoms with E-state index in [1.165, 1.54) is 6.08 Å². The molecule has 0 radical (unpaired) electrons. The molecule has 0 fully saturated rings. The number of halogens is 1. The van der Waals surface area contributed by atoms with Crippen molar-refractivity contribution in [3.8, 4) is 0 Å². The summed E-state index contributed by atoms with van der Waals surface area (Å²) < 4.78 is 27.0. The molecule has 0 unspecified atom stereocenters. The lowest BCUT2D eigenvalue weighted by Crippen LogP contribution is -2.30. The molecular formula is C6H9ClN2O2S. The van der Waals surface area contributed by atoms with Gasteiger partial charge in [0, 0.05) is 6.54 Å². The standard InChI is InChI=1S/C6H9ClN2O2S/c1-3-9-6(7)4-5(2)8-12(9,10)11/h4H,3H2,1-2H3. The highest BCUT2D eigenvalue weighted by molar-refractivity contribution is 7.88. The van der Waals surface area contributed by atoms with Crippen molar-refractivity contribution < 1.29 is 8.42 Å². The summed E-state index contributed by atoms with van der Waals surface area (Å²) in [6.07, 6.45) is 1.52. The second kappa shape index (κ2) is 3.06. The van der Waals surface area contributed by atoms with Crippen LogP contribution in [0.25, 0.3) is 0 Å². The van der Waals surface area contributed by atoms with Gasteiger partial charge in [0.1, 0.15) is 5.16 Å². The SMILES string of the molecule is CCN1C(Cl)=CC(C)=NS1(=O)=O. The van der Waals surface area contributed by atoms with E-state index in [-0.39, 0.29) is 5.16 Å². The zero-order valence-corrected chi connectivity index (χ0v) is 8.35. The molecule has 1 aliphatic rings. The van der Waals surface area contributed by atoms with Crippen molar-refractivity contribution >= 4 is 27.5 Å². The first-order valence-corrected chi connectivity index (χ1v) is 5.21. The maximum atomic E-state index is 11.2. The molecular weight excluding hydrogens is 200 g/mol. The maximum absolute atomic E-state index is 11.2. The zero-order valence-electron chi connectivity index (χ0n) is 6.78. The van der Waals surface area contributed by atoms with Gasteiger partial charge in [-0.15, -0.1) is 4.40 Å². The van der Waals surface area contributed by atoms with Crippen molar-refractivity contribution in [1.82, 2.24) is 4.31 Å². The molecule has 0 aromatic heterocycles. The van der Waals surface area contributed by atoms with Gasteiger partial charge in [0.25, 0.3) is 0 Å². The molecule has 12 heavy (non-hydrogen) atoms. The molecule has 4 nitrogen and oxygen atoms in total. The number of hydrogen-bond acceptors (Lipinski definition) is 2. The van der Waals surface area contributed by atoms with Gasteiger partial charge in [-0.25, -0.2) is 4.31 Å². The first-order chi connectivity index (χ1) is 5.47. The maximum Gasteiger partial charge on any atom is 0.345 e. The van der Waals surface area contributed by atoms with Gasteiger partial charge in [0.2, 0.25) is 0 Å². The first-order valence-electron chi connectivity index (χ1n) is 3.44. The molecule has 1 aliphatic heterocycles. The number of hydrogen-bond donors (Lipinski definition) is 0. The Balaban J connectivity index is 3.18. The molecule has 1 rings (SSSR count). The molecule has 0 aromatic rings. The van der Waals surface area contributed by atoms with E-state index in [0.29, 0.717) is 12.3 Å².